The molecule has 9 nitrogen and oxygen atoms in total. The van der Waals surface area contributed by atoms with Crippen molar-refractivity contribution in [3.8, 4) is 17.6 Å². The van der Waals surface area contributed by atoms with Crippen LogP contribution in [0.5, 0.6) is 11.5 Å². The highest BCUT2D eigenvalue weighted by atomic mass is 32.2. The zero-order valence-corrected chi connectivity index (χ0v) is 18.2. The van der Waals surface area contributed by atoms with Gasteiger partial charge in [-0.25, -0.2) is 4.79 Å². The summed E-state index contributed by atoms with van der Waals surface area (Å²) >= 11 is 1.50. The maximum atomic E-state index is 12.4. The van der Waals surface area contributed by atoms with E-state index in [2.05, 4.69) is 10.2 Å². The van der Waals surface area contributed by atoms with Crippen LogP contribution in [0, 0.1) is 11.3 Å². The van der Waals surface area contributed by atoms with E-state index < -0.39 is 17.9 Å². The molecule has 166 valence electrons. The molecule has 0 saturated carbocycles. The number of nitrogens with zero attached hydrogens (tertiary/aromatic N) is 3. The van der Waals surface area contributed by atoms with Crippen LogP contribution in [0.15, 0.2) is 30.0 Å². The molecule has 3 rings (SSSR count). The molecule has 0 aliphatic carbocycles. The van der Waals surface area contributed by atoms with E-state index in [1.165, 1.54) is 18.0 Å². The van der Waals surface area contributed by atoms with Crippen molar-refractivity contribution >= 4 is 23.6 Å². The number of thioether (sulfide) groups is 1. The van der Waals surface area contributed by atoms with Gasteiger partial charge in [-0.15, -0.1) is 0 Å². The lowest BCUT2D eigenvalue weighted by atomic mass is 10.1. The molecule has 2 aliphatic rings. The molecular weight excluding hydrogens is 420 g/mol. The van der Waals surface area contributed by atoms with Gasteiger partial charge >= 0.3 is 5.97 Å². The van der Waals surface area contributed by atoms with Crippen LogP contribution in [0.2, 0.25) is 0 Å². The Morgan fingerprint density at radius 1 is 1.29 bits per heavy atom. The SMILES string of the molecule is CSCCC(NC(=O)/C(C#N)=C\N1CCN(Cc2ccc3c(c2)OCO3)CC1)C(=O)O. The summed E-state index contributed by atoms with van der Waals surface area (Å²) in [5, 5.41) is 21.1. The van der Waals surface area contributed by atoms with Crippen LogP contribution in [0.1, 0.15) is 12.0 Å². The number of aliphatic carboxylic acids is 1. The summed E-state index contributed by atoms with van der Waals surface area (Å²) in [5.74, 6) is 0.380. The minimum absolute atomic E-state index is 0.0837. The summed E-state index contributed by atoms with van der Waals surface area (Å²) in [5.41, 5.74) is 1.05. The Labute approximate surface area is 185 Å². The summed E-state index contributed by atoms with van der Waals surface area (Å²) in [4.78, 5) is 27.9. The molecule has 1 aromatic rings. The number of benzene rings is 1. The second kappa shape index (κ2) is 10.9. The van der Waals surface area contributed by atoms with Gasteiger partial charge in [-0.3, -0.25) is 9.69 Å². The quantitative estimate of drug-likeness (QED) is 0.427. The van der Waals surface area contributed by atoms with E-state index in [9.17, 15) is 20.0 Å². The molecule has 2 aliphatic heterocycles. The number of rotatable bonds is 9. The molecule has 31 heavy (non-hydrogen) atoms. The minimum atomic E-state index is -1.10. The van der Waals surface area contributed by atoms with E-state index in [-0.39, 0.29) is 12.4 Å². The number of piperazine rings is 1. The first-order chi connectivity index (χ1) is 15.0. The third-order valence-corrected chi connectivity index (χ3v) is 5.78. The topological polar surface area (TPSA) is 115 Å². The average Bonchev–Trinajstić information content (AvgIpc) is 3.23. The number of ether oxygens (including phenoxy) is 2. The minimum Gasteiger partial charge on any atom is -0.480 e. The van der Waals surface area contributed by atoms with Gasteiger partial charge in [-0.2, -0.15) is 17.0 Å². The zero-order chi connectivity index (χ0) is 22.2. The van der Waals surface area contributed by atoms with Crippen molar-refractivity contribution in [1.82, 2.24) is 15.1 Å². The lowest BCUT2D eigenvalue weighted by molar-refractivity contribution is -0.141. The molecule has 0 aromatic heterocycles. The van der Waals surface area contributed by atoms with E-state index in [4.69, 9.17) is 9.47 Å². The fourth-order valence-corrected chi connectivity index (χ4v) is 3.87. The molecule has 1 unspecified atom stereocenters. The van der Waals surface area contributed by atoms with Crippen molar-refractivity contribution in [2.75, 3.05) is 45.0 Å². The van der Waals surface area contributed by atoms with E-state index in [0.29, 0.717) is 25.3 Å². The number of nitrogens with one attached hydrogen (secondary N) is 1. The summed E-state index contributed by atoms with van der Waals surface area (Å²) in [7, 11) is 0. The largest absolute Gasteiger partial charge is 0.480 e. The highest BCUT2D eigenvalue weighted by molar-refractivity contribution is 7.98. The molecule has 1 atom stereocenters. The highest BCUT2D eigenvalue weighted by Gasteiger charge is 2.23. The van der Waals surface area contributed by atoms with Crippen molar-refractivity contribution in [3.05, 3.63) is 35.5 Å². The third kappa shape index (κ3) is 6.29. The lowest BCUT2D eigenvalue weighted by Crippen LogP contribution is -2.45. The van der Waals surface area contributed by atoms with Crippen LogP contribution in [0.25, 0.3) is 0 Å². The molecule has 1 aromatic carbocycles. The van der Waals surface area contributed by atoms with Gasteiger partial charge < -0.3 is 24.8 Å². The van der Waals surface area contributed by atoms with E-state index in [0.717, 1.165) is 36.7 Å². The van der Waals surface area contributed by atoms with Gasteiger partial charge in [-0.1, -0.05) is 6.07 Å². The molecule has 0 spiro atoms. The molecule has 2 heterocycles. The fraction of sp³-hybridized carbons (Fsp3) is 0.476. The molecular formula is C21H26N4O5S. The van der Waals surface area contributed by atoms with Gasteiger partial charge in [0.05, 0.1) is 0 Å². The average molecular weight is 447 g/mol. The van der Waals surface area contributed by atoms with Gasteiger partial charge in [0, 0.05) is 38.9 Å². The third-order valence-electron chi connectivity index (χ3n) is 5.14. The number of amides is 1. The van der Waals surface area contributed by atoms with Crippen LogP contribution in [0.3, 0.4) is 0 Å². The van der Waals surface area contributed by atoms with Crippen LogP contribution in [-0.2, 0) is 16.1 Å². The van der Waals surface area contributed by atoms with Crippen LogP contribution in [-0.4, -0.2) is 77.8 Å². The number of hydrogen-bond donors (Lipinski definition) is 2. The first-order valence-corrected chi connectivity index (χ1v) is 11.4. The number of nitriles is 1. The summed E-state index contributed by atoms with van der Waals surface area (Å²) in [6.07, 6.45) is 3.70. The van der Waals surface area contributed by atoms with Gasteiger partial charge in [0.2, 0.25) is 6.79 Å². The van der Waals surface area contributed by atoms with Crippen LogP contribution in [0.4, 0.5) is 0 Å². The molecule has 0 radical (unpaired) electrons. The second-order valence-electron chi connectivity index (χ2n) is 7.30. The number of hydrogen-bond acceptors (Lipinski definition) is 8. The standard InChI is InChI=1S/C21H26N4O5S/c1-31-9-4-17(21(27)28)23-20(26)16(11-22)13-25-7-5-24(6-8-25)12-15-2-3-18-19(10-15)30-14-29-18/h2-3,10,13,17H,4-9,12,14H2,1H3,(H,23,26)(H,27,28)/b16-13-. The number of fused-ring (bicyclic) bond motifs is 1. The Kier molecular flexibility index (Phi) is 8.03. The number of carboxylic acids is 1. The van der Waals surface area contributed by atoms with Crippen LogP contribution >= 0.6 is 11.8 Å². The van der Waals surface area contributed by atoms with Crippen molar-refractivity contribution in [2.24, 2.45) is 0 Å². The zero-order valence-electron chi connectivity index (χ0n) is 17.4. The van der Waals surface area contributed by atoms with Crippen molar-refractivity contribution in [2.45, 2.75) is 19.0 Å². The monoisotopic (exact) mass is 446 g/mol. The van der Waals surface area contributed by atoms with E-state index >= 15 is 0 Å². The maximum Gasteiger partial charge on any atom is 0.326 e. The van der Waals surface area contributed by atoms with E-state index in [1.54, 1.807) is 0 Å². The van der Waals surface area contributed by atoms with Gasteiger partial charge in [0.15, 0.2) is 11.5 Å². The van der Waals surface area contributed by atoms with Gasteiger partial charge in [0.25, 0.3) is 5.91 Å². The normalized spacial score (nSPS) is 17.2. The lowest BCUT2D eigenvalue weighted by Gasteiger charge is -2.34. The number of carbonyl (C=O) groups is 2. The number of carboxylic acid groups (broad SMARTS) is 1. The Hall–Kier alpha value is -2.90. The Morgan fingerprint density at radius 3 is 2.71 bits per heavy atom. The Balaban J connectivity index is 1.52. The molecule has 10 heteroatoms. The Bertz CT molecular complexity index is 877. The highest BCUT2D eigenvalue weighted by Crippen LogP contribution is 2.32. The van der Waals surface area contributed by atoms with E-state index in [1.807, 2.05) is 35.4 Å². The summed E-state index contributed by atoms with van der Waals surface area (Å²) in [6.45, 7) is 3.90. The first kappa shape index (κ1) is 22.8. The molecule has 2 N–H and O–H groups in total. The summed E-state index contributed by atoms with van der Waals surface area (Å²) < 4.78 is 10.8. The van der Waals surface area contributed by atoms with Crippen LogP contribution < -0.4 is 14.8 Å². The molecule has 1 saturated heterocycles. The number of carbonyl (C=O) groups excluding carboxylic acids is 1. The predicted molar refractivity (Wildman–Crippen MR) is 116 cm³/mol. The maximum absolute atomic E-state index is 12.4. The van der Waals surface area contributed by atoms with Gasteiger partial charge in [0.1, 0.15) is 17.7 Å². The van der Waals surface area contributed by atoms with Crippen molar-refractivity contribution < 1.29 is 24.2 Å². The predicted octanol–water partition coefficient (Wildman–Crippen LogP) is 1.26. The molecule has 1 fully saturated rings. The van der Waals surface area contributed by atoms with Crippen molar-refractivity contribution in [1.29, 1.82) is 5.26 Å². The smallest absolute Gasteiger partial charge is 0.326 e. The summed E-state index contributed by atoms with van der Waals surface area (Å²) in [6, 6.07) is 6.82. The second-order valence-corrected chi connectivity index (χ2v) is 8.29. The molecule has 1 amide bonds. The first-order valence-electron chi connectivity index (χ1n) is 9.99. The molecule has 0 bridgehead atoms. The fourth-order valence-electron chi connectivity index (χ4n) is 3.40. The van der Waals surface area contributed by atoms with Crippen molar-refractivity contribution in [3.63, 3.8) is 0 Å². The Morgan fingerprint density at radius 2 is 2.03 bits per heavy atom. The van der Waals surface area contributed by atoms with Gasteiger partial charge in [-0.05, 0) is 36.1 Å².